The molecule has 1 heterocycles. The molecular weight excluding hydrogens is 332 g/mol. The van der Waals surface area contributed by atoms with Crippen molar-refractivity contribution in [3.8, 4) is 0 Å². The highest BCUT2D eigenvalue weighted by molar-refractivity contribution is 7.15. The number of urea groups is 1. The number of rotatable bonds is 5. The second kappa shape index (κ2) is 8.45. The molecule has 2 amide bonds. The van der Waals surface area contributed by atoms with Crippen LogP contribution in [-0.4, -0.2) is 36.6 Å². The maximum atomic E-state index is 12.5. The highest BCUT2D eigenvalue weighted by atomic mass is 32.1. The first-order chi connectivity index (χ1) is 12.1. The molecule has 0 fully saturated rings. The van der Waals surface area contributed by atoms with Crippen molar-refractivity contribution >= 4 is 22.5 Å². The van der Waals surface area contributed by atoms with Gasteiger partial charge in [-0.3, -0.25) is 5.32 Å². The molecule has 1 aromatic carbocycles. The second-order valence-corrected chi connectivity index (χ2v) is 7.86. The number of amides is 2. The number of benzene rings is 1. The molecule has 2 N–H and O–H groups in total. The molecule has 1 aliphatic rings. The van der Waals surface area contributed by atoms with Gasteiger partial charge in [-0.1, -0.05) is 36.8 Å². The van der Waals surface area contributed by atoms with Gasteiger partial charge < -0.3 is 10.2 Å². The Kier molecular flexibility index (Phi) is 6.04. The number of thiazole rings is 1. The molecule has 0 spiro atoms. The van der Waals surface area contributed by atoms with E-state index in [1.165, 1.54) is 29.8 Å². The predicted molar refractivity (Wildman–Crippen MR) is 103 cm³/mol. The summed E-state index contributed by atoms with van der Waals surface area (Å²) in [6, 6.07) is 9.80. The van der Waals surface area contributed by atoms with Gasteiger partial charge in [0.1, 0.15) is 0 Å². The summed E-state index contributed by atoms with van der Waals surface area (Å²) in [4.78, 5) is 20.5. The van der Waals surface area contributed by atoms with E-state index in [9.17, 15) is 4.79 Å². The van der Waals surface area contributed by atoms with Crippen molar-refractivity contribution in [2.45, 2.75) is 38.1 Å². The summed E-state index contributed by atoms with van der Waals surface area (Å²) in [5.41, 5.74) is 2.27. The summed E-state index contributed by atoms with van der Waals surface area (Å²) in [5, 5.41) is 6.72. The molecule has 1 aliphatic carbocycles. The fourth-order valence-electron chi connectivity index (χ4n) is 3.16. The van der Waals surface area contributed by atoms with E-state index in [1.54, 1.807) is 11.3 Å². The van der Waals surface area contributed by atoms with Gasteiger partial charge in [-0.15, -0.1) is 11.3 Å². The van der Waals surface area contributed by atoms with Crippen molar-refractivity contribution < 1.29 is 4.79 Å². The van der Waals surface area contributed by atoms with Gasteiger partial charge in [-0.25, -0.2) is 9.78 Å². The SMILES string of the molecule is CN(C)CC(NC(=O)Nc1nc2c(s1)CCCCC2)c1ccccc1. The van der Waals surface area contributed by atoms with Crippen molar-refractivity contribution in [2.24, 2.45) is 0 Å². The van der Waals surface area contributed by atoms with E-state index in [1.807, 2.05) is 44.4 Å². The minimum absolute atomic E-state index is 0.0611. The zero-order valence-corrected chi connectivity index (χ0v) is 15.7. The number of nitrogens with one attached hydrogen (secondary N) is 2. The summed E-state index contributed by atoms with van der Waals surface area (Å²) in [6.07, 6.45) is 5.81. The molecule has 0 saturated heterocycles. The highest BCUT2D eigenvalue weighted by Crippen LogP contribution is 2.29. The van der Waals surface area contributed by atoms with Gasteiger partial charge in [0.15, 0.2) is 5.13 Å². The van der Waals surface area contributed by atoms with Crippen LogP contribution in [0.2, 0.25) is 0 Å². The number of fused-ring (bicyclic) bond motifs is 1. The maximum Gasteiger partial charge on any atom is 0.321 e. The predicted octanol–water partition coefficient (Wildman–Crippen LogP) is 3.84. The van der Waals surface area contributed by atoms with Gasteiger partial charge in [0.2, 0.25) is 0 Å². The minimum atomic E-state index is -0.195. The fraction of sp³-hybridized carbons (Fsp3) is 0.474. The van der Waals surface area contributed by atoms with Crippen LogP contribution in [-0.2, 0) is 12.8 Å². The van der Waals surface area contributed by atoms with Gasteiger partial charge in [0.25, 0.3) is 0 Å². The Hall–Kier alpha value is -1.92. The Morgan fingerprint density at radius 2 is 1.96 bits per heavy atom. The largest absolute Gasteiger partial charge is 0.330 e. The first-order valence-corrected chi connectivity index (χ1v) is 9.69. The quantitative estimate of drug-likeness (QED) is 0.799. The topological polar surface area (TPSA) is 57.3 Å². The molecule has 6 heteroatoms. The first-order valence-electron chi connectivity index (χ1n) is 8.87. The first kappa shape index (κ1) is 17.9. The molecule has 1 unspecified atom stereocenters. The number of nitrogens with zero attached hydrogens (tertiary/aromatic N) is 2. The summed E-state index contributed by atoms with van der Waals surface area (Å²) in [6.45, 7) is 0.742. The van der Waals surface area contributed by atoms with E-state index in [0.717, 1.165) is 24.9 Å². The zero-order valence-electron chi connectivity index (χ0n) is 14.9. The number of carbonyl (C=O) groups excluding carboxylic acids is 1. The van der Waals surface area contributed by atoms with Crippen LogP contribution in [0, 0.1) is 0 Å². The molecule has 0 bridgehead atoms. The van der Waals surface area contributed by atoms with Crippen molar-refractivity contribution in [2.75, 3.05) is 26.0 Å². The molecule has 1 aromatic heterocycles. The van der Waals surface area contributed by atoms with Crippen LogP contribution in [0.1, 0.15) is 41.4 Å². The minimum Gasteiger partial charge on any atom is -0.330 e. The number of carbonyl (C=O) groups is 1. The average molecular weight is 359 g/mol. The third kappa shape index (κ3) is 5.03. The van der Waals surface area contributed by atoms with Crippen molar-refractivity contribution in [1.82, 2.24) is 15.2 Å². The molecule has 0 radical (unpaired) electrons. The molecule has 0 saturated carbocycles. The van der Waals surface area contributed by atoms with Crippen LogP contribution in [0.5, 0.6) is 0 Å². The standard InChI is InChI=1S/C19H26N4OS/c1-23(2)13-16(14-9-5-3-6-10-14)20-18(24)22-19-21-15-11-7-4-8-12-17(15)25-19/h3,5-6,9-10,16H,4,7-8,11-13H2,1-2H3,(H2,20,21,22,24). The zero-order chi connectivity index (χ0) is 17.6. The molecule has 2 aromatic rings. The summed E-state index contributed by atoms with van der Waals surface area (Å²) >= 11 is 1.62. The Morgan fingerprint density at radius 3 is 2.72 bits per heavy atom. The molecule has 134 valence electrons. The number of anilines is 1. The van der Waals surface area contributed by atoms with Crippen LogP contribution in [0.15, 0.2) is 30.3 Å². The van der Waals surface area contributed by atoms with Crippen LogP contribution in [0.3, 0.4) is 0 Å². The summed E-state index contributed by atoms with van der Waals surface area (Å²) in [7, 11) is 4.01. The normalized spacial score (nSPS) is 15.3. The third-order valence-corrected chi connectivity index (χ3v) is 5.44. The molecule has 0 aliphatic heterocycles. The molecule has 5 nitrogen and oxygen atoms in total. The van der Waals surface area contributed by atoms with E-state index >= 15 is 0 Å². The van der Waals surface area contributed by atoms with Gasteiger partial charge in [-0.2, -0.15) is 0 Å². The number of hydrogen-bond acceptors (Lipinski definition) is 4. The van der Waals surface area contributed by atoms with Crippen LogP contribution >= 0.6 is 11.3 Å². The van der Waals surface area contributed by atoms with E-state index < -0.39 is 0 Å². The van der Waals surface area contributed by atoms with Crippen molar-refractivity contribution in [3.05, 3.63) is 46.5 Å². The van der Waals surface area contributed by atoms with E-state index in [2.05, 4.69) is 20.5 Å². The summed E-state index contributed by atoms with van der Waals surface area (Å²) in [5.74, 6) is 0. The molecular formula is C19H26N4OS. The van der Waals surface area contributed by atoms with Crippen LogP contribution in [0.4, 0.5) is 9.93 Å². The Balaban J connectivity index is 1.65. The van der Waals surface area contributed by atoms with Gasteiger partial charge in [0.05, 0.1) is 11.7 Å². The maximum absolute atomic E-state index is 12.5. The lowest BCUT2D eigenvalue weighted by atomic mass is 10.1. The molecule has 3 rings (SSSR count). The Labute approximate surface area is 153 Å². The number of hydrogen-bond donors (Lipinski definition) is 2. The third-order valence-electron chi connectivity index (χ3n) is 4.37. The van der Waals surface area contributed by atoms with E-state index in [-0.39, 0.29) is 12.1 Å². The van der Waals surface area contributed by atoms with E-state index in [4.69, 9.17) is 0 Å². The van der Waals surface area contributed by atoms with Crippen molar-refractivity contribution in [3.63, 3.8) is 0 Å². The monoisotopic (exact) mass is 358 g/mol. The van der Waals surface area contributed by atoms with Gasteiger partial charge in [-0.05, 0) is 45.3 Å². The number of aryl methyl sites for hydroxylation is 2. The average Bonchev–Trinajstić information content (AvgIpc) is 2.82. The number of likely N-dealkylation sites (N-methyl/N-ethyl adjacent to an activating group) is 1. The van der Waals surface area contributed by atoms with Crippen LogP contribution in [0.25, 0.3) is 0 Å². The van der Waals surface area contributed by atoms with Crippen molar-refractivity contribution in [1.29, 1.82) is 0 Å². The lowest BCUT2D eigenvalue weighted by Gasteiger charge is -2.22. The Morgan fingerprint density at radius 1 is 1.20 bits per heavy atom. The lowest BCUT2D eigenvalue weighted by Crippen LogP contribution is -2.37. The second-order valence-electron chi connectivity index (χ2n) is 6.77. The van der Waals surface area contributed by atoms with E-state index in [0.29, 0.717) is 5.13 Å². The molecule has 25 heavy (non-hydrogen) atoms. The fourth-order valence-corrected chi connectivity index (χ4v) is 4.20. The number of aromatic nitrogens is 1. The van der Waals surface area contributed by atoms with Gasteiger partial charge >= 0.3 is 6.03 Å². The summed E-state index contributed by atoms with van der Waals surface area (Å²) < 4.78 is 0. The Bertz CT molecular complexity index is 675. The van der Waals surface area contributed by atoms with Crippen LogP contribution < -0.4 is 10.6 Å². The highest BCUT2D eigenvalue weighted by Gasteiger charge is 2.18. The molecule has 1 atom stereocenters. The smallest absolute Gasteiger partial charge is 0.321 e. The van der Waals surface area contributed by atoms with Gasteiger partial charge in [0, 0.05) is 11.4 Å². The lowest BCUT2D eigenvalue weighted by molar-refractivity contribution is 0.244.